The van der Waals surface area contributed by atoms with Crippen LogP contribution in [0.1, 0.15) is 0 Å². The molecule has 0 N–H and O–H groups in total. The fourth-order valence-corrected chi connectivity index (χ4v) is 11.2. The van der Waals surface area contributed by atoms with Crippen LogP contribution in [0.25, 0.3) is 136 Å². The number of para-hydroxylation sites is 1. The predicted octanol–water partition coefficient (Wildman–Crippen LogP) is 16.2. The number of hydrogen-bond acceptors (Lipinski definition) is 5. The third-order valence-electron chi connectivity index (χ3n) is 13.0. The van der Waals surface area contributed by atoms with Gasteiger partial charge in [-0.25, -0.2) is 15.0 Å². The van der Waals surface area contributed by atoms with Crippen molar-refractivity contribution < 1.29 is 4.42 Å². The molecule has 5 nitrogen and oxygen atoms in total. The molecule has 0 aliphatic heterocycles. The van der Waals surface area contributed by atoms with Crippen LogP contribution in [0.3, 0.4) is 0 Å². The summed E-state index contributed by atoms with van der Waals surface area (Å²) >= 11 is 1.79. The summed E-state index contributed by atoms with van der Waals surface area (Å²) < 4.78 is 11.6. The van der Waals surface area contributed by atoms with Gasteiger partial charge in [-0.15, -0.1) is 11.3 Å². The lowest BCUT2D eigenvalue weighted by atomic mass is 9.93. The molecule has 0 aliphatic carbocycles. The topological polar surface area (TPSA) is 56.7 Å². The Kier molecular flexibility index (Phi) is 7.79. The van der Waals surface area contributed by atoms with Crippen molar-refractivity contribution in [1.29, 1.82) is 0 Å². The lowest BCUT2D eigenvalue weighted by Gasteiger charge is -2.16. The summed E-state index contributed by atoms with van der Waals surface area (Å²) in [5.74, 6) is 1.83. The number of rotatable bonds is 5. The molecule has 4 aromatic heterocycles. The molecule has 10 aromatic carbocycles. The number of aromatic nitrogens is 4. The summed E-state index contributed by atoms with van der Waals surface area (Å²) in [7, 11) is 0. The minimum Gasteiger partial charge on any atom is -0.456 e. The van der Waals surface area contributed by atoms with Gasteiger partial charge >= 0.3 is 0 Å². The molecule has 0 saturated carbocycles. The molecule has 0 aliphatic rings. The smallest absolute Gasteiger partial charge is 0.164 e. The first-order valence-corrected chi connectivity index (χ1v) is 22.7. The standard InChI is InChI=1S/C59H34N4OS/c1-2-14-36(15-3-1)57-60-58(39-25-28-44-43-20-9-11-24-53(43)65-54(44)33-39)62-59(61-57)46-29-27-40(63-49-22-10-8-19-42(49)48-31-37-16-4-5-17-38(37)32-50(48)63)34-47(46)45-21-12-23-51-56(45)55-41-18-7-6-13-35(41)26-30-52(55)64-51/h1-34H. The molecule has 0 saturated heterocycles. The number of furan rings is 1. The van der Waals surface area contributed by atoms with E-state index in [1.54, 1.807) is 11.3 Å². The van der Waals surface area contributed by atoms with Gasteiger partial charge in [0.1, 0.15) is 11.2 Å². The molecule has 0 radical (unpaired) electrons. The molecule has 0 spiro atoms. The number of benzene rings is 10. The van der Waals surface area contributed by atoms with E-state index >= 15 is 0 Å². The van der Waals surface area contributed by atoms with Gasteiger partial charge in [-0.05, 0) is 93.3 Å². The van der Waals surface area contributed by atoms with E-state index in [9.17, 15) is 0 Å². The Bertz CT molecular complexity index is 4260. The van der Waals surface area contributed by atoms with Crippen molar-refractivity contribution in [2.24, 2.45) is 0 Å². The predicted molar refractivity (Wildman–Crippen MR) is 271 cm³/mol. The minimum absolute atomic E-state index is 0.592. The van der Waals surface area contributed by atoms with Gasteiger partial charge in [0.2, 0.25) is 0 Å². The zero-order valence-electron chi connectivity index (χ0n) is 34.7. The summed E-state index contributed by atoms with van der Waals surface area (Å²) in [6.07, 6.45) is 0. The summed E-state index contributed by atoms with van der Waals surface area (Å²) in [4.78, 5) is 15.9. The van der Waals surface area contributed by atoms with Gasteiger partial charge in [0, 0.05) is 64.1 Å². The van der Waals surface area contributed by atoms with Crippen LogP contribution >= 0.6 is 11.3 Å². The fraction of sp³-hybridized carbons (Fsp3) is 0. The second-order valence-corrected chi connectivity index (χ2v) is 17.8. The summed E-state index contributed by atoms with van der Waals surface area (Å²) in [6.45, 7) is 0. The summed E-state index contributed by atoms with van der Waals surface area (Å²) in [6, 6.07) is 73.3. The molecule has 65 heavy (non-hydrogen) atoms. The molecule has 14 aromatic rings. The summed E-state index contributed by atoms with van der Waals surface area (Å²) in [5, 5.41) is 11.8. The lowest BCUT2D eigenvalue weighted by molar-refractivity contribution is 0.669. The Labute approximate surface area is 376 Å². The van der Waals surface area contributed by atoms with Crippen LogP contribution in [-0.4, -0.2) is 19.5 Å². The third-order valence-corrected chi connectivity index (χ3v) is 14.2. The average molecular weight is 847 g/mol. The van der Waals surface area contributed by atoms with Gasteiger partial charge in [-0.1, -0.05) is 146 Å². The van der Waals surface area contributed by atoms with Gasteiger partial charge in [0.15, 0.2) is 17.5 Å². The van der Waals surface area contributed by atoms with E-state index in [4.69, 9.17) is 19.4 Å². The summed E-state index contributed by atoms with van der Waals surface area (Å²) in [5.41, 5.74) is 9.78. The van der Waals surface area contributed by atoms with E-state index in [0.717, 1.165) is 77.2 Å². The van der Waals surface area contributed by atoms with Crippen molar-refractivity contribution in [1.82, 2.24) is 19.5 Å². The van der Waals surface area contributed by atoms with Crippen LogP contribution in [-0.2, 0) is 0 Å². The molecule has 0 bridgehead atoms. The van der Waals surface area contributed by atoms with E-state index in [1.165, 1.54) is 41.7 Å². The van der Waals surface area contributed by atoms with Gasteiger partial charge in [0.25, 0.3) is 0 Å². The van der Waals surface area contributed by atoms with Crippen molar-refractivity contribution in [2.75, 3.05) is 0 Å². The highest BCUT2D eigenvalue weighted by molar-refractivity contribution is 7.25. The third kappa shape index (κ3) is 5.61. The first-order valence-electron chi connectivity index (χ1n) is 21.8. The maximum Gasteiger partial charge on any atom is 0.164 e. The molecule has 0 amide bonds. The fourth-order valence-electron chi connectivity index (χ4n) is 10.0. The SMILES string of the molecule is c1ccc(-c2nc(-c3ccc4c(c3)sc3ccccc34)nc(-c3ccc(-n4c5ccccc5c5cc6ccccc6cc54)cc3-c3cccc4oc5ccc6ccccc6c5c34)n2)cc1. The van der Waals surface area contributed by atoms with Crippen LogP contribution in [0.5, 0.6) is 0 Å². The number of thiophene rings is 1. The Morgan fingerprint density at radius 2 is 1.05 bits per heavy atom. The Morgan fingerprint density at radius 3 is 1.92 bits per heavy atom. The van der Waals surface area contributed by atoms with Crippen LogP contribution < -0.4 is 0 Å². The van der Waals surface area contributed by atoms with Crippen molar-refractivity contribution >= 4 is 96.8 Å². The molecular weight excluding hydrogens is 813 g/mol. The van der Waals surface area contributed by atoms with Crippen molar-refractivity contribution in [3.63, 3.8) is 0 Å². The van der Waals surface area contributed by atoms with Gasteiger partial charge in [-0.2, -0.15) is 0 Å². The quantitative estimate of drug-likeness (QED) is 0.173. The molecule has 302 valence electrons. The van der Waals surface area contributed by atoms with Crippen LogP contribution in [0, 0.1) is 0 Å². The van der Waals surface area contributed by atoms with E-state index < -0.39 is 0 Å². The first-order chi connectivity index (χ1) is 32.2. The average Bonchev–Trinajstić information content (AvgIpc) is 4.05. The Balaban J connectivity index is 1.07. The minimum atomic E-state index is 0.592. The van der Waals surface area contributed by atoms with Crippen LogP contribution in [0.4, 0.5) is 0 Å². The highest BCUT2D eigenvalue weighted by Gasteiger charge is 2.23. The molecule has 0 unspecified atom stereocenters. The molecule has 4 heterocycles. The number of fused-ring (bicyclic) bond motifs is 12. The molecule has 6 heteroatoms. The maximum absolute atomic E-state index is 6.69. The molecule has 0 fully saturated rings. The lowest BCUT2D eigenvalue weighted by Crippen LogP contribution is -2.02. The largest absolute Gasteiger partial charge is 0.456 e. The highest BCUT2D eigenvalue weighted by Crippen LogP contribution is 2.45. The van der Waals surface area contributed by atoms with Gasteiger partial charge in [0.05, 0.1) is 11.0 Å². The normalized spacial score (nSPS) is 12.0. The Morgan fingerprint density at radius 1 is 0.354 bits per heavy atom. The zero-order valence-corrected chi connectivity index (χ0v) is 35.6. The van der Waals surface area contributed by atoms with E-state index in [0.29, 0.717) is 17.5 Å². The van der Waals surface area contributed by atoms with E-state index in [2.05, 4.69) is 193 Å². The van der Waals surface area contributed by atoms with Gasteiger partial charge in [-0.3, -0.25) is 0 Å². The zero-order chi connectivity index (χ0) is 42.6. The number of hydrogen-bond donors (Lipinski definition) is 0. The highest BCUT2D eigenvalue weighted by atomic mass is 32.1. The maximum atomic E-state index is 6.69. The molecular formula is C59H34N4OS. The van der Waals surface area contributed by atoms with Crippen molar-refractivity contribution in [3.05, 3.63) is 206 Å². The number of nitrogens with zero attached hydrogens (tertiary/aromatic N) is 4. The van der Waals surface area contributed by atoms with Gasteiger partial charge < -0.3 is 8.98 Å². The monoisotopic (exact) mass is 846 g/mol. The Hall–Kier alpha value is -8.45. The molecule has 14 rings (SSSR count). The first kappa shape index (κ1) is 36.1. The van der Waals surface area contributed by atoms with E-state index in [1.807, 2.05) is 18.2 Å². The van der Waals surface area contributed by atoms with Crippen LogP contribution in [0.2, 0.25) is 0 Å². The van der Waals surface area contributed by atoms with E-state index in [-0.39, 0.29) is 0 Å². The van der Waals surface area contributed by atoms with Crippen molar-refractivity contribution in [3.8, 4) is 51.0 Å². The molecule has 0 atom stereocenters. The second-order valence-electron chi connectivity index (χ2n) is 16.7. The second kappa shape index (κ2) is 14.0. The van der Waals surface area contributed by atoms with Crippen LogP contribution in [0.15, 0.2) is 211 Å². The van der Waals surface area contributed by atoms with Crippen molar-refractivity contribution in [2.45, 2.75) is 0 Å².